The maximum atomic E-state index is 6.13. The summed E-state index contributed by atoms with van der Waals surface area (Å²) in [4.78, 5) is 0. The van der Waals surface area contributed by atoms with Crippen LogP contribution in [0.5, 0.6) is 0 Å². The first-order valence-electron chi connectivity index (χ1n) is 7.44. The smallest absolute Gasteiger partial charge is 0.0824 e. The van der Waals surface area contributed by atoms with Gasteiger partial charge in [0.05, 0.1) is 12.7 Å². The van der Waals surface area contributed by atoms with E-state index in [2.05, 4.69) is 58.1 Å². The Labute approximate surface area is 117 Å². The van der Waals surface area contributed by atoms with Crippen LogP contribution in [0.2, 0.25) is 0 Å². The van der Waals surface area contributed by atoms with Crippen molar-refractivity contribution in [2.45, 2.75) is 46.6 Å². The van der Waals surface area contributed by atoms with Crippen LogP contribution in [0.25, 0.3) is 0 Å². The van der Waals surface area contributed by atoms with Gasteiger partial charge in [-0.3, -0.25) is 0 Å². The molecule has 0 amide bonds. The van der Waals surface area contributed by atoms with Crippen molar-refractivity contribution < 1.29 is 4.74 Å². The number of allylic oxidation sites excluding steroid dienone is 4. The topological polar surface area (TPSA) is 9.23 Å². The molecule has 1 nitrogen and oxygen atoms in total. The first-order valence-corrected chi connectivity index (χ1v) is 7.44. The zero-order chi connectivity index (χ0) is 13.8. The van der Waals surface area contributed by atoms with Crippen molar-refractivity contribution in [3.63, 3.8) is 0 Å². The van der Waals surface area contributed by atoms with Gasteiger partial charge in [0.15, 0.2) is 0 Å². The van der Waals surface area contributed by atoms with Crippen LogP contribution in [-0.2, 0) is 4.74 Å². The lowest BCUT2D eigenvalue weighted by molar-refractivity contribution is 0.0968. The highest BCUT2D eigenvalue weighted by Gasteiger charge is 2.18. The SMILES string of the molecule is CC1=CC=CCC1OCC1=CC(C)CC=C1C(C)C. The van der Waals surface area contributed by atoms with Crippen molar-refractivity contribution in [2.24, 2.45) is 11.8 Å². The van der Waals surface area contributed by atoms with Crippen LogP contribution in [0.4, 0.5) is 0 Å². The predicted octanol–water partition coefficient (Wildman–Crippen LogP) is 4.83. The summed E-state index contributed by atoms with van der Waals surface area (Å²) in [5.41, 5.74) is 4.21. The fourth-order valence-corrected chi connectivity index (χ4v) is 2.79. The van der Waals surface area contributed by atoms with Crippen molar-refractivity contribution in [1.82, 2.24) is 0 Å². The van der Waals surface area contributed by atoms with Crippen LogP contribution >= 0.6 is 0 Å². The average molecular weight is 258 g/mol. The summed E-state index contributed by atoms with van der Waals surface area (Å²) >= 11 is 0. The number of hydrogen-bond acceptors (Lipinski definition) is 1. The molecule has 0 aromatic heterocycles. The van der Waals surface area contributed by atoms with E-state index in [1.54, 1.807) is 0 Å². The lowest BCUT2D eigenvalue weighted by atomic mass is 9.86. The van der Waals surface area contributed by atoms with Gasteiger partial charge in [0.25, 0.3) is 0 Å². The van der Waals surface area contributed by atoms with Gasteiger partial charge >= 0.3 is 0 Å². The second-order valence-corrected chi connectivity index (χ2v) is 6.09. The van der Waals surface area contributed by atoms with E-state index in [0.29, 0.717) is 11.8 Å². The normalized spacial score (nSPS) is 27.1. The van der Waals surface area contributed by atoms with Gasteiger partial charge in [-0.25, -0.2) is 0 Å². The maximum Gasteiger partial charge on any atom is 0.0824 e. The Morgan fingerprint density at radius 2 is 2.11 bits per heavy atom. The summed E-state index contributed by atoms with van der Waals surface area (Å²) < 4.78 is 6.13. The van der Waals surface area contributed by atoms with Crippen molar-refractivity contribution in [1.29, 1.82) is 0 Å². The standard InChI is InChI=1S/C18H26O/c1-13(2)17-10-9-14(3)11-16(17)12-19-18-8-6-5-7-15(18)4/h5-7,10-11,13-14,18H,8-9,12H2,1-4H3. The predicted molar refractivity (Wildman–Crippen MR) is 82.0 cm³/mol. The van der Waals surface area contributed by atoms with E-state index < -0.39 is 0 Å². The van der Waals surface area contributed by atoms with Crippen molar-refractivity contribution in [2.75, 3.05) is 6.61 Å². The Morgan fingerprint density at radius 1 is 1.32 bits per heavy atom. The minimum absolute atomic E-state index is 0.261. The third kappa shape index (κ3) is 3.70. The highest BCUT2D eigenvalue weighted by atomic mass is 16.5. The first-order chi connectivity index (χ1) is 9.08. The summed E-state index contributed by atoms with van der Waals surface area (Å²) in [6.45, 7) is 9.72. The summed E-state index contributed by atoms with van der Waals surface area (Å²) in [5, 5.41) is 0. The number of hydrogen-bond donors (Lipinski definition) is 0. The zero-order valence-electron chi connectivity index (χ0n) is 12.6. The third-order valence-electron chi connectivity index (χ3n) is 3.98. The molecule has 2 unspecified atom stereocenters. The molecular formula is C18H26O. The van der Waals surface area contributed by atoms with E-state index in [1.807, 2.05) is 0 Å². The summed E-state index contributed by atoms with van der Waals surface area (Å²) in [5.74, 6) is 1.23. The lowest BCUT2D eigenvalue weighted by Gasteiger charge is -2.25. The number of rotatable bonds is 4. The van der Waals surface area contributed by atoms with Crippen LogP contribution in [0.15, 0.2) is 47.1 Å². The largest absolute Gasteiger partial charge is 0.369 e. The van der Waals surface area contributed by atoms with E-state index in [0.717, 1.165) is 13.0 Å². The van der Waals surface area contributed by atoms with E-state index in [1.165, 1.54) is 23.1 Å². The molecule has 2 aliphatic carbocycles. The Bertz CT molecular complexity index is 435. The minimum Gasteiger partial charge on any atom is -0.369 e. The summed E-state index contributed by atoms with van der Waals surface area (Å²) in [6.07, 6.45) is 13.7. The van der Waals surface area contributed by atoms with Gasteiger partial charge in [-0.15, -0.1) is 0 Å². The Hall–Kier alpha value is -1.08. The van der Waals surface area contributed by atoms with Gasteiger partial charge < -0.3 is 4.74 Å². The molecule has 19 heavy (non-hydrogen) atoms. The lowest BCUT2D eigenvalue weighted by Crippen LogP contribution is -2.19. The molecule has 2 rings (SSSR count). The zero-order valence-corrected chi connectivity index (χ0v) is 12.6. The summed E-state index contributed by atoms with van der Waals surface area (Å²) in [6, 6.07) is 0. The van der Waals surface area contributed by atoms with Gasteiger partial charge in [-0.1, -0.05) is 51.2 Å². The molecule has 1 heteroatoms. The molecule has 0 spiro atoms. The molecule has 0 aliphatic heterocycles. The number of ether oxygens (including phenoxy) is 1. The van der Waals surface area contributed by atoms with Gasteiger partial charge in [-0.05, 0) is 48.3 Å². The third-order valence-corrected chi connectivity index (χ3v) is 3.98. The minimum atomic E-state index is 0.261. The molecule has 0 saturated heterocycles. The average Bonchev–Trinajstić information content (AvgIpc) is 2.37. The second-order valence-electron chi connectivity index (χ2n) is 6.09. The Morgan fingerprint density at radius 3 is 2.79 bits per heavy atom. The van der Waals surface area contributed by atoms with E-state index in [9.17, 15) is 0 Å². The molecular weight excluding hydrogens is 232 g/mol. The van der Waals surface area contributed by atoms with Gasteiger partial charge in [0.1, 0.15) is 0 Å². The molecule has 0 radical (unpaired) electrons. The summed E-state index contributed by atoms with van der Waals surface area (Å²) in [7, 11) is 0. The van der Waals surface area contributed by atoms with Gasteiger partial charge in [0, 0.05) is 0 Å². The van der Waals surface area contributed by atoms with Gasteiger partial charge in [-0.2, -0.15) is 0 Å². The Balaban J connectivity index is 1.99. The second kappa shape index (κ2) is 6.38. The van der Waals surface area contributed by atoms with E-state index >= 15 is 0 Å². The van der Waals surface area contributed by atoms with Crippen LogP contribution in [0, 0.1) is 11.8 Å². The Kier molecular flexibility index (Phi) is 4.81. The first kappa shape index (κ1) is 14.3. The van der Waals surface area contributed by atoms with Crippen LogP contribution < -0.4 is 0 Å². The molecule has 0 aromatic carbocycles. The van der Waals surface area contributed by atoms with E-state index in [4.69, 9.17) is 4.74 Å². The molecule has 0 heterocycles. The molecule has 0 N–H and O–H groups in total. The quantitative estimate of drug-likeness (QED) is 0.702. The molecule has 0 saturated carbocycles. The maximum absolute atomic E-state index is 6.13. The molecule has 0 aromatic rings. The highest BCUT2D eigenvalue weighted by Crippen LogP contribution is 2.29. The fourth-order valence-electron chi connectivity index (χ4n) is 2.79. The van der Waals surface area contributed by atoms with Gasteiger partial charge in [0.2, 0.25) is 0 Å². The molecule has 2 atom stereocenters. The molecule has 104 valence electrons. The van der Waals surface area contributed by atoms with Crippen molar-refractivity contribution in [3.8, 4) is 0 Å². The van der Waals surface area contributed by atoms with E-state index in [-0.39, 0.29) is 6.10 Å². The molecule has 0 bridgehead atoms. The highest BCUT2D eigenvalue weighted by molar-refractivity contribution is 5.36. The van der Waals surface area contributed by atoms with Crippen LogP contribution in [0.3, 0.4) is 0 Å². The molecule has 2 aliphatic rings. The van der Waals surface area contributed by atoms with Crippen molar-refractivity contribution >= 4 is 0 Å². The fraction of sp³-hybridized carbons (Fsp3) is 0.556. The molecule has 0 fully saturated rings. The van der Waals surface area contributed by atoms with Crippen molar-refractivity contribution in [3.05, 3.63) is 47.1 Å². The van der Waals surface area contributed by atoms with Crippen LogP contribution in [-0.4, -0.2) is 12.7 Å². The van der Waals surface area contributed by atoms with Crippen LogP contribution in [0.1, 0.15) is 40.5 Å². The monoisotopic (exact) mass is 258 g/mol.